The lowest BCUT2D eigenvalue weighted by Crippen LogP contribution is -2.06. The molecule has 0 aliphatic rings. The van der Waals surface area contributed by atoms with Gasteiger partial charge in [0, 0.05) is 87.4 Å². The molecule has 0 aliphatic carbocycles. The van der Waals surface area contributed by atoms with E-state index in [1.807, 2.05) is 0 Å². The first-order valence-corrected chi connectivity index (χ1v) is 33.7. The standard InChI is InChI=1S/C91H55N7/c1-5-30-58(31-6-1)93-72-47-23-17-41-65(72)80-82-67-43-19-25-49-74(67)95(60-34-9-3-10-35-60)88(82)90-84(86(80)93)69-45-21-27-51-76(69)97(90)78-54-57(71-53-56-29-13-14-38-62(56)63-39-15-16-40-64(63)71)55-79(92-78)98-77-52-28-22-46-70(77)85-87-81(66-42-18-24-48-73(66)94(87)59-32-7-2-8-33-59)83-68-44-20-26-50-75(68)96(89(83)91(85)98)61-36-11-4-12-37-61/h1-55H. The van der Waals surface area contributed by atoms with Crippen LogP contribution in [0.15, 0.2) is 334 Å². The number of para-hydroxylation sites is 10. The Hall–Kier alpha value is -13.2. The van der Waals surface area contributed by atoms with E-state index in [9.17, 15) is 0 Å². The monoisotopic (exact) mass is 1250 g/mol. The smallest absolute Gasteiger partial charge is 0.140 e. The average molecular weight is 1250 g/mol. The molecular formula is C91H55N7. The number of rotatable bonds is 7. The summed E-state index contributed by atoms with van der Waals surface area (Å²) >= 11 is 0. The number of aromatic nitrogens is 7. The molecule has 0 spiro atoms. The summed E-state index contributed by atoms with van der Waals surface area (Å²) in [6, 6.07) is 123. The van der Waals surface area contributed by atoms with Gasteiger partial charge in [-0.1, -0.05) is 231 Å². The fourth-order valence-electron chi connectivity index (χ4n) is 17.3. The maximum atomic E-state index is 6.41. The summed E-state index contributed by atoms with van der Waals surface area (Å²) in [4.78, 5) is 6.41. The third-order valence-corrected chi connectivity index (χ3v) is 21.1. The number of hydrogen-bond acceptors (Lipinski definition) is 1. The van der Waals surface area contributed by atoms with E-state index in [4.69, 9.17) is 4.98 Å². The van der Waals surface area contributed by atoms with Crippen LogP contribution < -0.4 is 0 Å². The zero-order chi connectivity index (χ0) is 63.8. The van der Waals surface area contributed by atoms with E-state index in [0.29, 0.717) is 0 Å². The molecule has 0 N–H and O–H groups in total. The summed E-state index contributed by atoms with van der Waals surface area (Å²) < 4.78 is 15.2. The maximum absolute atomic E-state index is 6.41. The molecule has 7 nitrogen and oxygen atoms in total. The van der Waals surface area contributed by atoms with Gasteiger partial charge >= 0.3 is 0 Å². The predicted octanol–water partition coefficient (Wildman–Crippen LogP) is 23.6. The van der Waals surface area contributed by atoms with Crippen molar-refractivity contribution < 1.29 is 0 Å². The third kappa shape index (κ3) is 7.12. The number of pyridine rings is 1. The number of nitrogens with zero attached hydrogens (tertiary/aromatic N) is 7. The lowest BCUT2D eigenvalue weighted by molar-refractivity contribution is 1.01. The van der Waals surface area contributed by atoms with Crippen molar-refractivity contribution in [2.24, 2.45) is 0 Å². The molecule has 7 heterocycles. The molecule has 22 rings (SSSR count). The van der Waals surface area contributed by atoms with E-state index in [-0.39, 0.29) is 0 Å². The summed E-state index contributed by atoms with van der Waals surface area (Å²) in [5.74, 6) is 1.58. The van der Waals surface area contributed by atoms with Crippen LogP contribution in [0.5, 0.6) is 0 Å². The average Bonchev–Trinajstić information content (AvgIpc) is 1.51. The van der Waals surface area contributed by atoms with Crippen LogP contribution in [0.4, 0.5) is 0 Å². The molecule has 0 radical (unpaired) electrons. The Kier molecular flexibility index (Phi) is 10.9. The van der Waals surface area contributed by atoms with Gasteiger partial charge in [-0.2, -0.15) is 0 Å². The van der Waals surface area contributed by atoms with Crippen LogP contribution in [0, 0.1) is 0 Å². The summed E-state index contributed by atoms with van der Waals surface area (Å²) in [5, 5.41) is 18.9. The maximum Gasteiger partial charge on any atom is 0.140 e. The second-order valence-electron chi connectivity index (χ2n) is 26.1. The molecular weight excluding hydrogens is 1190 g/mol. The molecule has 0 aliphatic heterocycles. The van der Waals surface area contributed by atoms with Crippen molar-refractivity contribution in [3.63, 3.8) is 0 Å². The van der Waals surface area contributed by atoms with Crippen LogP contribution >= 0.6 is 0 Å². The lowest BCUT2D eigenvalue weighted by atomic mass is 9.93. The highest BCUT2D eigenvalue weighted by Crippen LogP contribution is 2.54. The SMILES string of the molecule is c1ccc(-n2c3ccccc3c3c4c5ccccc5n(-c5ccccc5)c4c4c(c5ccccc5n4-c4cc(-c5cc6ccccc6c6ccccc56)cc(-n5c6ccccc6c6c7c(c8ccccc8n7-c7ccccc7)c7c8ccccc8n(-c8ccccc8)c7c65)n4)c32)cc1. The molecule has 7 heteroatoms. The molecule has 454 valence electrons. The Morgan fingerprint density at radius 1 is 0.184 bits per heavy atom. The minimum Gasteiger partial charge on any atom is -0.309 e. The van der Waals surface area contributed by atoms with Gasteiger partial charge < -0.3 is 18.3 Å². The van der Waals surface area contributed by atoms with Gasteiger partial charge in [-0.3, -0.25) is 9.13 Å². The van der Waals surface area contributed by atoms with E-state index in [0.717, 1.165) is 133 Å². The van der Waals surface area contributed by atoms with Gasteiger partial charge in [-0.05, 0) is 136 Å². The molecule has 15 aromatic carbocycles. The van der Waals surface area contributed by atoms with Crippen LogP contribution in [0.3, 0.4) is 0 Å². The van der Waals surface area contributed by atoms with Crippen molar-refractivity contribution in [3.05, 3.63) is 334 Å². The van der Waals surface area contributed by atoms with E-state index in [1.165, 1.54) is 64.6 Å². The Balaban J connectivity index is 0.999. The topological polar surface area (TPSA) is 42.5 Å². The summed E-state index contributed by atoms with van der Waals surface area (Å²) in [6.45, 7) is 0. The molecule has 22 aromatic rings. The van der Waals surface area contributed by atoms with Gasteiger partial charge in [-0.15, -0.1) is 0 Å². The van der Waals surface area contributed by atoms with Gasteiger partial charge in [0.2, 0.25) is 0 Å². The third-order valence-electron chi connectivity index (χ3n) is 21.1. The molecule has 0 fully saturated rings. The van der Waals surface area contributed by atoms with Crippen LogP contribution in [-0.2, 0) is 0 Å². The predicted molar refractivity (Wildman–Crippen MR) is 411 cm³/mol. The minimum atomic E-state index is 0.791. The quantitative estimate of drug-likeness (QED) is 0.147. The molecule has 0 unspecified atom stereocenters. The fraction of sp³-hybridized carbons (Fsp3) is 0. The first-order chi connectivity index (χ1) is 48.7. The fourth-order valence-corrected chi connectivity index (χ4v) is 17.3. The Bertz CT molecular complexity index is 6780. The Labute approximate surface area is 560 Å². The van der Waals surface area contributed by atoms with Gasteiger partial charge in [0.1, 0.15) is 11.6 Å². The molecule has 7 aromatic heterocycles. The first-order valence-electron chi connectivity index (χ1n) is 33.7. The first kappa shape index (κ1) is 53.2. The summed E-state index contributed by atoms with van der Waals surface area (Å²) in [6.07, 6.45) is 0. The molecule has 0 amide bonds. The normalized spacial score (nSPS) is 12.3. The van der Waals surface area contributed by atoms with Gasteiger partial charge in [0.25, 0.3) is 0 Å². The number of fused-ring (bicyclic) bond motifs is 27. The largest absolute Gasteiger partial charge is 0.309 e. The van der Waals surface area contributed by atoms with Gasteiger partial charge in [-0.25, -0.2) is 4.98 Å². The van der Waals surface area contributed by atoms with E-state index >= 15 is 0 Å². The van der Waals surface area contributed by atoms with E-state index in [1.54, 1.807) is 0 Å². The molecule has 0 atom stereocenters. The van der Waals surface area contributed by atoms with Crippen molar-refractivity contribution in [1.82, 2.24) is 32.4 Å². The van der Waals surface area contributed by atoms with Crippen molar-refractivity contribution >= 4 is 152 Å². The zero-order valence-electron chi connectivity index (χ0n) is 52.9. The van der Waals surface area contributed by atoms with Crippen LogP contribution in [0.2, 0.25) is 0 Å². The second-order valence-corrected chi connectivity index (χ2v) is 26.1. The van der Waals surface area contributed by atoms with Crippen molar-refractivity contribution in [2.45, 2.75) is 0 Å². The highest BCUT2D eigenvalue weighted by molar-refractivity contribution is 6.42. The highest BCUT2D eigenvalue weighted by Gasteiger charge is 2.33. The van der Waals surface area contributed by atoms with Gasteiger partial charge in [0.05, 0.1) is 66.2 Å². The van der Waals surface area contributed by atoms with Crippen LogP contribution in [-0.4, -0.2) is 32.4 Å². The minimum absolute atomic E-state index is 0.791. The van der Waals surface area contributed by atoms with E-state index in [2.05, 4.69) is 361 Å². The highest BCUT2D eigenvalue weighted by atomic mass is 15.2. The van der Waals surface area contributed by atoms with Crippen LogP contribution in [0.25, 0.3) is 198 Å². The van der Waals surface area contributed by atoms with Crippen molar-refractivity contribution in [3.8, 4) is 45.5 Å². The van der Waals surface area contributed by atoms with Crippen molar-refractivity contribution in [2.75, 3.05) is 0 Å². The summed E-state index contributed by atoms with van der Waals surface area (Å²) in [5.41, 5.74) is 19.8. The number of benzene rings is 15. The summed E-state index contributed by atoms with van der Waals surface area (Å²) in [7, 11) is 0. The Morgan fingerprint density at radius 3 is 0.806 bits per heavy atom. The van der Waals surface area contributed by atoms with E-state index < -0.39 is 0 Å². The molecule has 98 heavy (non-hydrogen) atoms. The Morgan fingerprint density at radius 2 is 0.439 bits per heavy atom. The molecule has 0 saturated carbocycles. The van der Waals surface area contributed by atoms with Crippen LogP contribution in [0.1, 0.15) is 0 Å². The molecule has 0 saturated heterocycles. The zero-order valence-corrected chi connectivity index (χ0v) is 52.9. The molecule has 0 bridgehead atoms. The number of hydrogen-bond donors (Lipinski definition) is 0. The lowest BCUT2D eigenvalue weighted by Gasteiger charge is -2.18. The van der Waals surface area contributed by atoms with Gasteiger partial charge in [0.15, 0.2) is 0 Å². The second kappa shape index (κ2) is 20.1. The van der Waals surface area contributed by atoms with Crippen molar-refractivity contribution in [1.29, 1.82) is 0 Å².